The molecule has 0 aromatic heterocycles. The molecule has 1 aliphatic heterocycles. The molecular formula is C22H30N4O9. The van der Waals surface area contributed by atoms with Crippen molar-refractivity contribution in [3.05, 3.63) is 29.8 Å². The van der Waals surface area contributed by atoms with Gasteiger partial charge < -0.3 is 41.7 Å². The lowest BCUT2D eigenvalue weighted by molar-refractivity contribution is -0.149. The van der Waals surface area contributed by atoms with E-state index in [1.165, 1.54) is 31.2 Å². The Kier molecular flexibility index (Phi) is 9.54. The maximum absolute atomic E-state index is 13.3. The average Bonchev–Trinajstić information content (AvgIpc) is 3.28. The summed E-state index contributed by atoms with van der Waals surface area (Å²) < 4.78 is 0. The van der Waals surface area contributed by atoms with Crippen molar-refractivity contribution in [2.75, 3.05) is 6.54 Å². The molecule has 1 aromatic rings. The first kappa shape index (κ1) is 27.5. The fourth-order valence-corrected chi connectivity index (χ4v) is 3.70. The summed E-state index contributed by atoms with van der Waals surface area (Å²) in [5, 5.41) is 42.2. The molecule has 1 fully saturated rings. The fourth-order valence-electron chi connectivity index (χ4n) is 3.70. The summed E-state index contributed by atoms with van der Waals surface area (Å²) in [6.07, 6.45) is -1.48. The highest BCUT2D eigenvalue weighted by Crippen LogP contribution is 2.20. The van der Waals surface area contributed by atoms with E-state index < -0.39 is 66.4 Å². The zero-order chi connectivity index (χ0) is 26.3. The number of nitrogens with two attached hydrogens (primary N) is 1. The molecule has 2 rings (SSSR count). The highest BCUT2D eigenvalue weighted by atomic mass is 16.4. The van der Waals surface area contributed by atoms with Gasteiger partial charge in [0, 0.05) is 13.0 Å². The van der Waals surface area contributed by atoms with E-state index in [1.807, 2.05) is 0 Å². The number of nitrogens with one attached hydrogen (secondary N) is 2. The van der Waals surface area contributed by atoms with E-state index in [-0.39, 0.29) is 25.1 Å². The lowest BCUT2D eigenvalue weighted by atomic mass is 10.0. The Balaban J connectivity index is 2.29. The number of phenolic OH excluding ortho intramolecular Hbond substituents is 1. The molecule has 13 nitrogen and oxygen atoms in total. The van der Waals surface area contributed by atoms with Gasteiger partial charge in [-0.3, -0.25) is 19.2 Å². The zero-order valence-corrected chi connectivity index (χ0v) is 19.1. The van der Waals surface area contributed by atoms with E-state index >= 15 is 0 Å². The second-order valence-corrected chi connectivity index (χ2v) is 8.39. The number of hydrogen-bond donors (Lipinski definition) is 7. The monoisotopic (exact) mass is 494 g/mol. The number of rotatable bonds is 11. The second kappa shape index (κ2) is 12.1. The van der Waals surface area contributed by atoms with E-state index in [9.17, 15) is 44.4 Å². The van der Waals surface area contributed by atoms with Crippen LogP contribution < -0.4 is 16.4 Å². The minimum absolute atomic E-state index is 0.0233. The van der Waals surface area contributed by atoms with Gasteiger partial charge in [-0.05, 0) is 37.5 Å². The third-order valence-electron chi connectivity index (χ3n) is 5.65. The van der Waals surface area contributed by atoms with Crippen molar-refractivity contribution in [3.63, 3.8) is 0 Å². The number of carbonyl (C=O) groups is 5. The van der Waals surface area contributed by atoms with Crippen molar-refractivity contribution >= 4 is 29.7 Å². The third kappa shape index (κ3) is 7.65. The van der Waals surface area contributed by atoms with Gasteiger partial charge in [-0.2, -0.15) is 0 Å². The van der Waals surface area contributed by atoms with Gasteiger partial charge in [0.1, 0.15) is 29.9 Å². The zero-order valence-electron chi connectivity index (χ0n) is 19.1. The first-order valence-corrected chi connectivity index (χ1v) is 11.0. The Morgan fingerprint density at radius 2 is 1.66 bits per heavy atom. The van der Waals surface area contributed by atoms with Gasteiger partial charge >= 0.3 is 11.9 Å². The number of benzene rings is 1. The quantitative estimate of drug-likeness (QED) is 0.182. The van der Waals surface area contributed by atoms with Gasteiger partial charge in [-0.15, -0.1) is 0 Å². The highest BCUT2D eigenvalue weighted by molar-refractivity contribution is 5.96. The molecule has 1 heterocycles. The van der Waals surface area contributed by atoms with Crippen molar-refractivity contribution in [2.24, 2.45) is 5.73 Å². The van der Waals surface area contributed by atoms with Crippen LogP contribution in [0.5, 0.6) is 5.75 Å². The van der Waals surface area contributed by atoms with Gasteiger partial charge in [0.2, 0.25) is 17.7 Å². The standard InChI is InChI=1S/C22H30N4O9/c1-11(27)18(23)20(32)24-14(10-17(29)30)19(31)25-15(9-12-4-6-13(28)7-5-12)21(33)26-8-2-3-16(26)22(34)35/h4-7,11,14-16,18,27-28H,2-3,8-10,23H2,1H3,(H,24,32)(H,25,31)(H,29,30)(H,34,35). The number of carboxylic acid groups (broad SMARTS) is 2. The van der Waals surface area contributed by atoms with Crippen molar-refractivity contribution < 1.29 is 44.4 Å². The van der Waals surface area contributed by atoms with Gasteiger partial charge in [-0.1, -0.05) is 12.1 Å². The molecule has 13 heteroatoms. The summed E-state index contributed by atoms with van der Waals surface area (Å²) in [7, 11) is 0. The van der Waals surface area contributed by atoms with Gasteiger partial charge in [0.15, 0.2) is 0 Å². The molecular weight excluding hydrogens is 464 g/mol. The van der Waals surface area contributed by atoms with Crippen molar-refractivity contribution in [3.8, 4) is 5.75 Å². The number of aliphatic hydroxyl groups excluding tert-OH is 1. The van der Waals surface area contributed by atoms with Crippen molar-refractivity contribution in [1.82, 2.24) is 15.5 Å². The number of carboxylic acids is 2. The van der Waals surface area contributed by atoms with E-state index in [0.29, 0.717) is 12.0 Å². The minimum Gasteiger partial charge on any atom is -0.508 e. The van der Waals surface area contributed by atoms with E-state index in [1.54, 1.807) is 0 Å². The number of likely N-dealkylation sites (tertiary alicyclic amines) is 1. The number of amides is 3. The van der Waals surface area contributed by atoms with Crippen LogP contribution in [0, 0.1) is 0 Å². The number of nitrogens with zero attached hydrogens (tertiary/aromatic N) is 1. The predicted octanol–water partition coefficient (Wildman–Crippen LogP) is -1.84. The summed E-state index contributed by atoms with van der Waals surface area (Å²) >= 11 is 0. The first-order valence-electron chi connectivity index (χ1n) is 11.0. The number of hydrogen-bond acceptors (Lipinski definition) is 8. The summed E-state index contributed by atoms with van der Waals surface area (Å²) in [6, 6.07) is 0.380. The third-order valence-corrected chi connectivity index (χ3v) is 5.65. The molecule has 192 valence electrons. The SMILES string of the molecule is CC(O)C(N)C(=O)NC(CC(=O)O)C(=O)NC(Cc1ccc(O)cc1)C(=O)N1CCCC1C(=O)O. The summed E-state index contributed by atoms with van der Waals surface area (Å²) in [4.78, 5) is 62.5. The van der Waals surface area contributed by atoms with Crippen LogP contribution in [-0.2, 0) is 30.4 Å². The Labute approximate surface area is 200 Å². The Morgan fingerprint density at radius 3 is 2.20 bits per heavy atom. The number of aliphatic hydroxyl groups is 1. The van der Waals surface area contributed by atoms with Crippen molar-refractivity contribution in [2.45, 2.75) is 62.9 Å². The van der Waals surface area contributed by atoms with Crippen LogP contribution in [0.4, 0.5) is 0 Å². The molecule has 0 saturated carbocycles. The summed E-state index contributed by atoms with van der Waals surface area (Å²) in [5.41, 5.74) is 6.08. The number of aliphatic carboxylic acids is 2. The minimum atomic E-state index is -1.62. The summed E-state index contributed by atoms with van der Waals surface area (Å²) in [6.45, 7) is 1.41. The van der Waals surface area contributed by atoms with E-state index in [0.717, 1.165) is 4.90 Å². The van der Waals surface area contributed by atoms with Crippen LogP contribution in [-0.4, -0.2) is 91.8 Å². The maximum atomic E-state index is 13.3. The highest BCUT2D eigenvalue weighted by Gasteiger charge is 2.38. The molecule has 1 saturated heterocycles. The molecule has 3 amide bonds. The van der Waals surface area contributed by atoms with Crippen molar-refractivity contribution in [1.29, 1.82) is 0 Å². The molecule has 35 heavy (non-hydrogen) atoms. The molecule has 8 N–H and O–H groups in total. The lowest BCUT2D eigenvalue weighted by Crippen LogP contribution is -2.59. The molecule has 0 radical (unpaired) electrons. The van der Waals surface area contributed by atoms with Crippen LogP contribution in [0.15, 0.2) is 24.3 Å². The van der Waals surface area contributed by atoms with Gasteiger partial charge in [0.05, 0.1) is 12.5 Å². The van der Waals surface area contributed by atoms with Crippen LogP contribution in [0.3, 0.4) is 0 Å². The Hall–Kier alpha value is -3.71. The van der Waals surface area contributed by atoms with Gasteiger partial charge in [0.25, 0.3) is 0 Å². The molecule has 1 aliphatic rings. The lowest BCUT2D eigenvalue weighted by Gasteiger charge is -2.29. The topological polar surface area (TPSA) is 220 Å². The largest absolute Gasteiger partial charge is 0.508 e. The van der Waals surface area contributed by atoms with E-state index in [2.05, 4.69) is 10.6 Å². The van der Waals surface area contributed by atoms with Crippen LogP contribution in [0.2, 0.25) is 0 Å². The first-order chi connectivity index (χ1) is 16.4. The maximum Gasteiger partial charge on any atom is 0.326 e. The number of carbonyl (C=O) groups excluding carboxylic acids is 3. The van der Waals surface area contributed by atoms with Crippen LogP contribution >= 0.6 is 0 Å². The molecule has 0 bridgehead atoms. The molecule has 5 atom stereocenters. The molecule has 5 unspecified atom stereocenters. The smallest absolute Gasteiger partial charge is 0.326 e. The Bertz CT molecular complexity index is 951. The Morgan fingerprint density at radius 1 is 1.06 bits per heavy atom. The molecule has 0 spiro atoms. The summed E-state index contributed by atoms with van der Waals surface area (Å²) in [5.74, 6) is -5.27. The number of aromatic hydroxyl groups is 1. The average molecular weight is 495 g/mol. The van der Waals surface area contributed by atoms with Crippen LogP contribution in [0.1, 0.15) is 31.7 Å². The molecule has 0 aliphatic carbocycles. The van der Waals surface area contributed by atoms with E-state index in [4.69, 9.17) is 5.73 Å². The fraction of sp³-hybridized carbons (Fsp3) is 0.500. The van der Waals surface area contributed by atoms with Gasteiger partial charge in [-0.25, -0.2) is 4.79 Å². The molecule has 1 aromatic carbocycles. The second-order valence-electron chi connectivity index (χ2n) is 8.39. The number of phenols is 1. The normalized spacial score (nSPS) is 18.7. The predicted molar refractivity (Wildman–Crippen MR) is 120 cm³/mol. The van der Waals surface area contributed by atoms with Crippen LogP contribution in [0.25, 0.3) is 0 Å².